The highest BCUT2D eigenvalue weighted by atomic mass is 35.5. The van der Waals surface area contributed by atoms with Crippen molar-refractivity contribution in [1.82, 2.24) is 5.32 Å². The van der Waals surface area contributed by atoms with Crippen LogP contribution in [-0.2, 0) is 9.59 Å². The van der Waals surface area contributed by atoms with Gasteiger partial charge in [0.15, 0.2) is 0 Å². The molecule has 6 heteroatoms. The van der Waals surface area contributed by atoms with Crippen molar-refractivity contribution in [2.75, 3.05) is 0 Å². The number of alkyl halides is 2. The maximum atomic E-state index is 11.2. The Hall–Kier alpha value is -0.480. The van der Waals surface area contributed by atoms with Crippen LogP contribution < -0.4 is 5.32 Å². The first-order chi connectivity index (χ1) is 6.89. The van der Waals surface area contributed by atoms with Crippen molar-refractivity contribution >= 4 is 35.1 Å². The highest BCUT2D eigenvalue weighted by Crippen LogP contribution is 2.42. The predicted octanol–water partition coefficient (Wildman–Crippen LogP) is 1.69. The van der Waals surface area contributed by atoms with Crippen LogP contribution in [0, 0.1) is 0 Å². The largest absolute Gasteiger partial charge is 0.481 e. The van der Waals surface area contributed by atoms with Gasteiger partial charge in [-0.05, 0) is 6.42 Å². The van der Waals surface area contributed by atoms with Gasteiger partial charge < -0.3 is 10.4 Å². The first-order valence-electron chi connectivity index (χ1n) is 4.78. The molecule has 0 radical (unpaired) electrons. The summed E-state index contributed by atoms with van der Waals surface area (Å²) in [4.78, 5) is 21.4. The maximum absolute atomic E-state index is 11.2. The molecule has 0 bridgehead atoms. The van der Waals surface area contributed by atoms with Crippen LogP contribution in [0.3, 0.4) is 0 Å². The number of carboxylic acid groups (broad SMARTS) is 1. The molecule has 1 aliphatic carbocycles. The second kappa shape index (κ2) is 5.03. The van der Waals surface area contributed by atoms with Gasteiger partial charge in [-0.2, -0.15) is 0 Å². The molecule has 4 nitrogen and oxygen atoms in total. The fraction of sp³-hybridized carbons (Fsp3) is 0.778. The molecule has 0 aromatic heterocycles. The minimum Gasteiger partial charge on any atom is -0.481 e. The quantitative estimate of drug-likeness (QED) is 0.734. The van der Waals surface area contributed by atoms with Crippen LogP contribution in [0.1, 0.15) is 32.1 Å². The Balaban J connectivity index is 2.07. The Kier molecular flexibility index (Phi) is 4.22. The van der Waals surface area contributed by atoms with E-state index in [1.807, 2.05) is 0 Å². The highest BCUT2D eigenvalue weighted by Gasteiger charge is 2.41. The van der Waals surface area contributed by atoms with E-state index in [0.717, 1.165) is 0 Å². The topological polar surface area (TPSA) is 66.4 Å². The summed E-state index contributed by atoms with van der Waals surface area (Å²) in [7, 11) is 0. The third kappa shape index (κ3) is 4.71. The van der Waals surface area contributed by atoms with Gasteiger partial charge in [-0.1, -0.05) is 0 Å². The standard InChI is InChI=1S/C9H13Cl2NO3/c10-9(11)4-6(5-9)12-7(13)2-1-3-8(14)15/h6H,1-5H2,(H,12,13)(H,14,15). The van der Waals surface area contributed by atoms with Gasteiger partial charge >= 0.3 is 5.97 Å². The van der Waals surface area contributed by atoms with Crippen LogP contribution in [0.25, 0.3) is 0 Å². The molecule has 0 aromatic rings. The molecule has 86 valence electrons. The van der Waals surface area contributed by atoms with Crippen LogP contribution in [0.15, 0.2) is 0 Å². The Labute approximate surface area is 97.9 Å². The number of nitrogens with one attached hydrogen (secondary N) is 1. The second-order valence-corrected chi connectivity index (χ2v) is 5.42. The molecule has 0 atom stereocenters. The average molecular weight is 254 g/mol. The lowest BCUT2D eigenvalue weighted by Gasteiger charge is -2.38. The number of carboxylic acids is 1. The summed E-state index contributed by atoms with van der Waals surface area (Å²) in [5.41, 5.74) is 0. The van der Waals surface area contributed by atoms with Crippen molar-refractivity contribution in [2.24, 2.45) is 0 Å². The van der Waals surface area contributed by atoms with Crippen LogP contribution in [0.5, 0.6) is 0 Å². The number of carbonyl (C=O) groups is 2. The number of amides is 1. The Bertz CT molecular complexity index is 260. The fourth-order valence-corrected chi connectivity index (χ4v) is 2.21. The van der Waals surface area contributed by atoms with Gasteiger partial charge in [-0.3, -0.25) is 9.59 Å². The summed E-state index contributed by atoms with van der Waals surface area (Å²) in [6.45, 7) is 0. The Morgan fingerprint density at radius 2 is 1.93 bits per heavy atom. The van der Waals surface area contributed by atoms with Crippen molar-refractivity contribution in [2.45, 2.75) is 42.5 Å². The molecular weight excluding hydrogens is 241 g/mol. The molecule has 0 aliphatic heterocycles. The lowest BCUT2D eigenvalue weighted by atomic mass is 9.91. The van der Waals surface area contributed by atoms with E-state index in [1.54, 1.807) is 0 Å². The summed E-state index contributed by atoms with van der Waals surface area (Å²) in [6, 6.07) is 0.0392. The van der Waals surface area contributed by atoms with Gasteiger partial charge in [0, 0.05) is 31.7 Å². The summed E-state index contributed by atoms with van der Waals surface area (Å²) in [5, 5.41) is 11.1. The van der Waals surface area contributed by atoms with Gasteiger partial charge in [0.05, 0.1) is 0 Å². The minimum atomic E-state index is -0.882. The van der Waals surface area contributed by atoms with E-state index >= 15 is 0 Å². The normalized spacial score (nSPS) is 19.3. The first-order valence-corrected chi connectivity index (χ1v) is 5.54. The lowest BCUT2D eigenvalue weighted by molar-refractivity contribution is -0.137. The molecule has 2 N–H and O–H groups in total. The number of hydrogen-bond acceptors (Lipinski definition) is 2. The van der Waals surface area contributed by atoms with Crippen molar-refractivity contribution in [3.05, 3.63) is 0 Å². The molecular formula is C9H13Cl2NO3. The van der Waals surface area contributed by atoms with Gasteiger partial charge in [0.25, 0.3) is 0 Å². The number of rotatable bonds is 5. The van der Waals surface area contributed by atoms with E-state index < -0.39 is 10.3 Å². The molecule has 0 saturated heterocycles. The third-order valence-corrected chi connectivity index (χ3v) is 2.87. The minimum absolute atomic E-state index is 0.0209. The molecule has 1 aliphatic rings. The van der Waals surface area contributed by atoms with Crippen LogP contribution in [-0.4, -0.2) is 27.4 Å². The van der Waals surface area contributed by atoms with Crippen molar-refractivity contribution in [1.29, 1.82) is 0 Å². The van der Waals surface area contributed by atoms with Crippen LogP contribution in [0.2, 0.25) is 0 Å². The monoisotopic (exact) mass is 253 g/mol. The zero-order valence-electron chi connectivity index (χ0n) is 8.13. The van der Waals surface area contributed by atoms with E-state index in [0.29, 0.717) is 19.3 Å². The predicted molar refractivity (Wildman–Crippen MR) is 57.1 cm³/mol. The molecule has 1 fully saturated rings. The van der Waals surface area contributed by atoms with Crippen molar-refractivity contribution < 1.29 is 14.7 Å². The zero-order chi connectivity index (χ0) is 11.5. The lowest BCUT2D eigenvalue weighted by Crippen LogP contribution is -2.49. The number of hydrogen-bond donors (Lipinski definition) is 2. The first kappa shape index (κ1) is 12.6. The van der Waals surface area contributed by atoms with Crippen LogP contribution >= 0.6 is 23.2 Å². The summed E-state index contributed by atoms with van der Waals surface area (Å²) < 4.78 is -0.695. The number of aliphatic carboxylic acids is 1. The Morgan fingerprint density at radius 3 is 2.40 bits per heavy atom. The number of halogens is 2. The second-order valence-electron chi connectivity index (χ2n) is 3.78. The molecule has 15 heavy (non-hydrogen) atoms. The van der Waals surface area contributed by atoms with Gasteiger partial charge in [-0.25, -0.2) is 0 Å². The molecule has 1 amide bonds. The van der Waals surface area contributed by atoms with E-state index in [9.17, 15) is 9.59 Å². The highest BCUT2D eigenvalue weighted by molar-refractivity contribution is 6.49. The molecule has 0 unspecified atom stereocenters. The van der Waals surface area contributed by atoms with E-state index in [4.69, 9.17) is 28.3 Å². The molecule has 0 spiro atoms. The molecule has 0 heterocycles. The third-order valence-electron chi connectivity index (χ3n) is 2.25. The summed E-state index contributed by atoms with van der Waals surface area (Å²) in [5.74, 6) is -1.02. The zero-order valence-corrected chi connectivity index (χ0v) is 9.64. The van der Waals surface area contributed by atoms with E-state index in [-0.39, 0.29) is 24.8 Å². The maximum Gasteiger partial charge on any atom is 0.303 e. The number of carbonyl (C=O) groups excluding carboxylic acids is 1. The van der Waals surface area contributed by atoms with Crippen molar-refractivity contribution in [3.63, 3.8) is 0 Å². The summed E-state index contributed by atoms with van der Waals surface area (Å²) in [6.07, 6.45) is 1.73. The SMILES string of the molecule is O=C(O)CCCC(=O)NC1CC(Cl)(Cl)C1. The van der Waals surface area contributed by atoms with E-state index in [1.165, 1.54) is 0 Å². The van der Waals surface area contributed by atoms with Crippen LogP contribution in [0.4, 0.5) is 0 Å². The molecule has 1 rings (SSSR count). The molecule has 1 saturated carbocycles. The molecule has 0 aromatic carbocycles. The van der Waals surface area contributed by atoms with Gasteiger partial charge in [-0.15, -0.1) is 23.2 Å². The van der Waals surface area contributed by atoms with Gasteiger partial charge in [0.2, 0.25) is 5.91 Å². The van der Waals surface area contributed by atoms with Crippen molar-refractivity contribution in [3.8, 4) is 0 Å². The van der Waals surface area contributed by atoms with E-state index in [2.05, 4.69) is 5.32 Å². The summed E-state index contributed by atoms with van der Waals surface area (Å²) >= 11 is 11.5. The fourth-order valence-electron chi connectivity index (χ4n) is 1.46. The Morgan fingerprint density at radius 1 is 1.33 bits per heavy atom. The average Bonchev–Trinajstić information content (AvgIpc) is 1.99. The smallest absolute Gasteiger partial charge is 0.303 e. The van der Waals surface area contributed by atoms with Gasteiger partial charge in [0.1, 0.15) is 4.33 Å².